The first kappa shape index (κ1) is 9.18. The molecule has 0 unspecified atom stereocenters. The first-order valence-electron chi connectivity index (χ1n) is 3.52. The van der Waals surface area contributed by atoms with Gasteiger partial charge in [-0.25, -0.2) is 0 Å². The fourth-order valence-electron chi connectivity index (χ4n) is 0.934. The fraction of sp³-hybridized carbons (Fsp3) is 0.125. The molecule has 1 aromatic carbocycles. The molecule has 0 heterocycles. The molecule has 13 heavy (non-hydrogen) atoms. The van der Waals surface area contributed by atoms with E-state index in [-0.39, 0.29) is 17.0 Å². The van der Waals surface area contributed by atoms with Crippen LogP contribution in [0.1, 0.15) is 10.4 Å². The number of carbonyl (C=O) groups is 1. The molecular formula is C8H10N2O3. The number of anilines is 1. The van der Waals surface area contributed by atoms with Crippen molar-refractivity contribution in [3.8, 4) is 11.5 Å². The van der Waals surface area contributed by atoms with Crippen LogP contribution in [0.25, 0.3) is 0 Å². The number of primary amides is 1. The lowest BCUT2D eigenvalue weighted by Gasteiger charge is -2.06. The molecule has 1 amide bonds. The molecule has 5 heteroatoms. The predicted octanol–water partition coefficient (Wildman–Crippen LogP) is 0.0819. The number of methoxy groups -OCH3 is 1. The number of amides is 1. The second-order valence-electron chi connectivity index (χ2n) is 2.47. The Labute approximate surface area is 74.9 Å². The van der Waals surface area contributed by atoms with Gasteiger partial charge in [0.2, 0.25) is 0 Å². The van der Waals surface area contributed by atoms with Gasteiger partial charge in [-0.05, 0) is 6.07 Å². The van der Waals surface area contributed by atoms with Gasteiger partial charge >= 0.3 is 0 Å². The van der Waals surface area contributed by atoms with Crippen LogP contribution in [0.15, 0.2) is 12.1 Å². The van der Waals surface area contributed by atoms with Crippen LogP contribution in [0.2, 0.25) is 0 Å². The smallest absolute Gasteiger partial charge is 0.251 e. The van der Waals surface area contributed by atoms with E-state index in [1.165, 1.54) is 19.2 Å². The van der Waals surface area contributed by atoms with Gasteiger partial charge in [0.05, 0.1) is 18.4 Å². The van der Waals surface area contributed by atoms with Gasteiger partial charge in [0.25, 0.3) is 5.91 Å². The van der Waals surface area contributed by atoms with Crippen molar-refractivity contribution >= 4 is 11.6 Å². The number of nitrogens with two attached hydrogens (primary N) is 2. The number of rotatable bonds is 2. The van der Waals surface area contributed by atoms with Gasteiger partial charge in [0, 0.05) is 6.07 Å². The number of carbonyl (C=O) groups excluding carboxylic acids is 1. The summed E-state index contributed by atoms with van der Waals surface area (Å²) in [7, 11) is 1.41. The summed E-state index contributed by atoms with van der Waals surface area (Å²) in [5.41, 5.74) is 10.4. The maximum Gasteiger partial charge on any atom is 0.251 e. The zero-order valence-electron chi connectivity index (χ0n) is 7.07. The van der Waals surface area contributed by atoms with Crippen molar-refractivity contribution in [2.75, 3.05) is 12.8 Å². The molecule has 0 saturated carbocycles. The van der Waals surface area contributed by atoms with Crippen molar-refractivity contribution in [1.82, 2.24) is 0 Å². The molecule has 0 atom stereocenters. The van der Waals surface area contributed by atoms with Crippen molar-refractivity contribution in [2.24, 2.45) is 5.73 Å². The third-order valence-corrected chi connectivity index (χ3v) is 1.63. The van der Waals surface area contributed by atoms with Gasteiger partial charge in [0.1, 0.15) is 11.5 Å². The quantitative estimate of drug-likeness (QED) is 0.445. The van der Waals surface area contributed by atoms with E-state index in [0.717, 1.165) is 0 Å². The first-order valence-corrected chi connectivity index (χ1v) is 3.52. The van der Waals surface area contributed by atoms with Crippen molar-refractivity contribution in [3.63, 3.8) is 0 Å². The standard InChI is InChI=1S/C8H10N2O3/c1-13-4-2-5(8(10)12)7(9)6(11)3-4/h2-3,11H,9H2,1H3,(H2,10,12). The summed E-state index contributed by atoms with van der Waals surface area (Å²) in [6, 6.07) is 2.68. The summed E-state index contributed by atoms with van der Waals surface area (Å²) in [5, 5.41) is 9.25. The van der Waals surface area contributed by atoms with E-state index in [2.05, 4.69) is 0 Å². The molecule has 0 spiro atoms. The van der Waals surface area contributed by atoms with E-state index in [4.69, 9.17) is 16.2 Å². The number of aromatic hydroxyl groups is 1. The first-order chi connectivity index (χ1) is 6.06. The predicted molar refractivity (Wildman–Crippen MR) is 47.6 cm³/mol. The monoisotopic (exact) mass is 182 g/mol. The number of hydrogen-bond donors (Lipinski definition) is 3. The number of benzene rings is 1. The van der Waals surface area contributed by atoms with E-state index in [1.807, 2.05) is 0 Å². The van der Waals surface area contributed by atoms with Gasteiger partial charge < -0.3 is 21.3 Å². The van der Waals surface area contributed by atoms with E-state index >= 15 is 0 Å². The molecule has 0 aliphatic rings. The van der Waals surface area contributed by atoms with Gasteiger partial charge in [-0.1, -0.05) is 0 Å². The van der Waals surface area contributed by atoms with Gasteiger partial charge in [-0.2, -0.15) is 0 Å². The molecule has 1 rings (SSSR count). The molecule has 0 aliphatic heterocycles. The van der Waals surface area contributed by atoms with E-state index < -0.39 is 5.91 Å². The highest BCUT2D eigenvalue weighted by atomic mass is 16.5. The van der Waals surface area contributed by atoms with E-state index in [9.17, 15) is 9.90 Å². The molecule has 0 saturated heterocycles. The van der Waals surface area contributed by atoms with Gasteiger partial charge in [-0.15, -0.1) is 0 Å². The fourth-order valence-corrected chi connectivity index (χ4v) is 0.934. The average molecular weight is 182 g/mol. The van der Waals surface area contributed by atoms with Crippen LogP contribution >= 0.6 is 0 Å². The Bertz CT molecular complexity index is 349. The van der Waals surface area contributed by atoms with Crippen LogP contribution in [-0.2, 0) is 0 Å². The van der Waals surface area contributed by atoms with E-state index in [1.54, 1.807) is 0 Å². The minimum absolute atomic E-state index is 0.0340. The molecule has 0 fully saturated rings. The largest absolute Gasteiger partial charge is 0.506 e. The maximum atomic E-state index is 10.8. The summed E-state index contributed by atoms with van der Waals surface area (Å²) < 4.78 is 4.82. The summed E-state index contributed by atoms with van der Waals surface area (Å²) in [4.78, 5) is 10.8. The molecule has 5 N–H and O–H groups in total. The number of ether oxygens (including phenoxy) is 1. The lowest BCUT2D eigenvalue weighted by molar-refractivity contribution is 0.100. The number of phenols is 1. The second kappa shape index (κ2) is 3.22. The topological polar surface area (TPSA) is 98.6 Å². The minimum atomic E-state index is -0.702. The zero-order valence-corrected chi connectivity index (χ0v) is 7.07. The normalized spacial score (nSPS) is 9.62. The molecule has 70 valence electrons. The molecule has 0 bridgehead atoms. The van der Waals surface area contributed by atoms with Gasteiger partial charge in [-0.3, -0.25) is 4.79 Å². The van der Waals surface area contributed by atoms with Crippen LogP contribution in [0.5, 0.6) is 11.5 Å². The molecule has 0 radical (unpaired) electrons. The van der Waals surface area contributed by atoms with Crippen LogP contribution in [0.4, 0.5) is 5.69 Å². The molecule has 0 aromatic heterocycles. The third kappa shape index (κ3) is 1.64. The van der Waals surface area contributed by atoms with Gasteiger partial charge in [0.15, 0.2) is 0 Å². The van der Waals surface area contributed by atoms with Crippen molar-refractivity contribution in [1.29, 1.82) is 0 Å². The molecular weight excluding hydrogens is 172 g/mol. The van der Waals surface area contributed by atoms with Crippen LogP contribution in [0, 0.1) is 0 Å². The summed E-state index contributed by atoms with van der Waals surface area (Å²) in [6.07, 6.45) is 0. The Morgan fingerprint density at radius 2 is 2.15 bits per heavy atom. The zero-order chi connectivity index (χ0) is 10.0. The summed E-state index contributed by atoms with van der Waals surface area (Å²) >= 11 is 0. The number of nitrogen functional groups attached to an aromatic ring is 1. The maximum absolute atomic E-state index is 10.8. The highest BCUT2D eigenvalue weighted by Gasteiger charge is 2.11. The van der Waals surface area contributed by atoms with E-state index in [0.29, 0.717) is 5.75 Å². The minimum Gasteiger partial charge on any atom is -0.506 e. The van der Waals surface area contributed by atoms with Crippen LogP contribution in [0.3, 0.4) is 0 Å². The number of hydrogen-bond acceptors (Lipinski definition) is 4. The Balaban J connectivity index is 3.33. The van der Waals surface area contributed by atoms with Crippen LogP contribution < -0.4 is 16.2 Å². The Morgan fingerprint density at radius 1 is 1.54 bits per heavy atom. The SMILES string of the molecule is COc1cc(O)c(N)c(C(N)=O)c1. The molecule has 0 aliphatic carbocycles. The third-order valence-electron chi connectivity index (χ3n) is 1.63. The number of phenolic OH excluding ortho intramolecular Hbond substituents is 1. The van der Waals surface area contributed by atoms with Crippen molar-refractivity contribution in [2.45, 2.75) is 0 Å². The Kier molecular flexibility index (Phi) is 2.27. The molecule has 5 nitrogen and oxygen atoms in total. The average Bonchev–Trinajstić information content (AvgIpc) is 2.09. The van der Waals surface area contributed by atoms with Crippen molar-refractivity contribution < 1.29 is 14.6 Å². The second-order valence-corrected chi connectivity index (χ2v) is 2.47. The van der Waals surface area contributed by atoms with Crippen molar-refractivity contribution in [3.05, 3.63) is 17.7 Å². The van der Waals surface area contributed by atoms with Crippen LogP contribution in [-0.4, -0.2) is 18.1 Å². The highest BCUT2D eigenvalue weighted by Crippen LogP contribution is 2.29. The summed E-state index contributed by atoms with van der Waals surface area (Å²) in [5.74, 6) is -0.583. The summed E-state index contributed by atoms with van der Waals surface area (Å²) in [6.45, 7) is 0. The lowest BCUT2D eigenvalue weighted by atomic mass is 10.1. The highest BCUT2D eigenvalue weighted by molar-refractivity contribution is 5.99. The molecule has 1 aromatic rings. The Hall–Kier alpha value is -1.91. The lowest BCUT2D eigenvalue weighted by Crippen LogP contribution is -2.13. The Morgan fingerprint density at radius 3 is 2.62 bits per heavy atom.